The van der Waals surface area contributed by atoms with E-state index in [0.29, 0.717) is 24.9 Å². The third-order valence-corrected chi connectivity index (χ3v) is 9.24. The Morgan fingerprint density at radius 2 is 1.89 bits per heavy atom. The maximum atomic E-state index is 13.6. The van der Waals surface area contributed by atoms with Crippen LogP contribution in [0, 0.1) is 11.8 Å². The van der Waals surface area contributed by atoms with Crippen molar-refractivity contribution < 1.29 is 23.9 Å². The zero-order valence-electron chi connectivity index (χ0n) is 21.6. The van der Waals surface area contributed by atoms with Gasteiger partial charge >= 0.3 is 229 Å². The Morgan fingerprint density at radius 3 is 2.57 bits per heavy atom. The Labute approximate surface area is 228 Å². The molecule has 3 N–H and O–H groups in total. The van der Waals surface area contributed by atoms with Crippen LogP contribution in [0.2, 0.25) is 0 Å². The summed E-state index contributed by atoms with van der Waals surface area (Å²) in [7, 11) is 0. The molecule has 1 fully saturated rings. The number of alkyl carbamates (subject to hydrolysis) is 1. The summed E-state index contributed by atoms with van der Waals surface area (Å²) in [5, 5.41) is 8.35. The number of ether oxygens (including phenoxy) is 1. The number of allylic oxidation sites excluding steroid dienone is 3. The van der Waals surface area contributed by atoms with Crippen molar-refractivity contribution in [1.29, 1.82) is 0 Å². The molecular formula is C27H32InN4O5. The van der Waals surface area contributed by atoms with E-state index >= 15 is 0 Å². The van der Waals surface area contributed by atoms with Crippen molar-refractivity contribution in [1.82, 2.24) is 20.9 Å². The number of hydrogen-bond acceptors (Lipinski definition) is 5. The van der Waals surface area contributed by atoms with Crippen LogP contribution in [-0.2, 0) is 19.1 Å². The fraction of sp³-hybridized carbons (Fsp3) is 0.407. The van der Waals surface area contributed by atoms with Gasteiger partial charge < -0.3 is 0 Å². The van der Waals surface area contributed by atoms with Crippen molar-refractivity contribution >= 4 is 46.7 Å². The fourth-order valence-electron chi connectivity index (χ4n) is 3.92. The second-order valence-electron chi connectivity index (χ2n) is 9.85. The SMILES string of the molecule is CC(=O)NCC#C[C]1=CC=[C](NC(=O)[C@@H]2CCCN2C(=O)[C@H](OC(=O)NC(C)(C)C)c2ccccc2)[In]1. The van der Waals surface area contributed by atoms with Gasteiger partial charge in [-0.3, -0.25) is 0 Å². The quantitative estimate of drug-likeness (QED) is 0.428. The van der Waals surface area contributed by atoms with Gasteiger partial charge in [0.15, 0.2) is 0 Å². The molecule has 2 atom stereocenters. The average molecular weight is 607 g/mol. The zero-order valence-corrected chi connectivity index (χ0v) is 24.9. The molecular weight excluding hydrogens is 575 g/mol. The van der Waals surface area contributed by atoms with Gasteiger partial charge in [0.05, 0.1) is 0 Å². The van der Waals surface area contributed by atoms with Crippen LogP contribution < -0.4 is 16.0 Å². The van der Waals surface area contributed by atoms with Gasteiger partial charge in [0.2, 0.25) is 0 Å². The van der Waals surface area contributed by atoms with E-state index in [2.05, 4.69) is 27.8 Å². The van der Waals surface area contributed by atoms with Crippen molar-refractivity contribution in [2.45, 2.75) is 58.2 Å². The van der Waals surface area contributed by atoms with E-state index in [1.165, 1.54) is 11.8 Å². The monoisotopic (exact) mass is 607 g/mol. The number of benzene rings is 1. The van der Waals surface area contributed by atoms with Crippen molar-refractivity contribution in [3.8, 4) is 11.8 Å². The minimum absolute atomic E-state index is 0.132. The molecule has 0 spiro atoms. The molecule has 1 aromatic rings. The van der Waals surface area contributed by atoms with Crippen LogP contribution in [0.1, 0.15) is 52.2 Å². The normalized spacial score (nSPS) is 17.3. The van der Waals surface area contributed by atoms with Gasteiger partial charge in [0.25, 0.3) is 0 Å². The first-order valence-electron chi connectivity index (χ1n) is 12.2. The molecule has 1 aromatic carbocycles. The molecule has 10 heteroatoms. The number of hydrogen-bond donors (Lipinski definition) is 3. The molecule has 2 heterocycles. The Hall–Kier alpha value is -3.19. The van der Waals surface area contributed by atoms with Gasteiger partial charge in [-0.05, 0) is 0 Å². The molecule has 0 bridgehead atoms. The van der Waals surface area contributed by atoms with Gasteiger partial charge in [0.1, 0.15) is 0 Å². The second kappa shape index (κ2) is 12.9. The van der Waals surface area contributed by atoms with Crippen LogP contribution in [0.3, 0.4) is 0 Å². The number of amides is 4. The molecule has 0 aliphatic carbocycles. The molecule has 0 saturated carbocycles. The van der Waals surface area contributed by atoms with Crippen LogP contribution in [-0.4, -0.2) is 76.3 Å². The topological polar surface area (TPSA) is 117 Å². The van der Waals surface area contributed by atoms with Crippen LogP contribution in [0.15, 0.2) is 49.3 Å². The van der Waals surface area contributed by atoms with Crippen LogP contribution in [0.25, 0.3) is 0 Å². The summed E-state index contributed by atoms with van der Waals surface area (Å²) in [6, 6.07) is 8.19. The molecule has 4 amide bonds. The third-order valence-electron chi connectivity index (χ3n) is 5.55. The van der Waals surface area contributed by atoms with E-state index in [-0.39, 0.29) is 18.4 Å². The molecule has 193 valence electrons. The number of rotatable bonds is 6. The third kappa shape index (κ3) is 8.71. The molecule has 0 aromatic heterocycles. The van der Waals surface area contributed by atoms with Gasteiger partial charge in [-0.15, -0.1) is 0 Å². The summed E-state index contributed by atoms with van der Waals surface area (Å²) in [5.74, 6) is 5.19. The number of nitrogens with zero attached hydrogens (tertiary/aromatic N) is 1. The van der Waals surface area contributed by atoms with Gasteiger partial charge in [0, 0.05) is 0 Å². The van der Waals surface area contributed by atoms with Crippen molar-refractivity contribution in [2.24, 2.45) is 0 Å². The van der Waals surface area contributed by atoms with Crippen LogP contribution >= 0.6 is 0 Å². The summed E-state index contributed by atoms with van der Waals surface area (Å²) < 4.78 is 7.49. The van der Waals surface area contributed by atoms with Gasteiger partial charge in [-0.25, -0.2) is 0 Å². The van der Waals surface area contributed by atoms with Crippen molar-refractivity contribution in [3.63, 3.8) is 0 Å². The minimum atomic E-state index is -1.47. The summed E-state index contributed by atoms with van der Waals surface area (Å²) >= 11 is -1.47. The predicted octanol–water partition coefficient (Wildman–Crippen LogP) is 1.94. The Balaban J connectivity index is 1.65. The zero-order chi connectivity index (χ0) is 27.0. The summed E-state index contributed by atoms with van der Waals surface area (Å²) in [6.45, 7) is 7.61. The van der Waals surface area contributed by atoms with Crippen LogP contribution in [0.4, 0.5) is 4.79 Å². The summed E-state index contributed by atoms with van der Waals surface area (Å²) in [5.41, 5.74) is 0.0156. The number of carbonyl (C=O) groups excluding carboxylic acids is 4. The standard InChI is InChI=1S/C27H32N4O5.In/c1-20(32)28-17-11-6-5-7-12-18-29-24(33)22-16-13-19-31(22)25(34)23(21-14-9-8-10-15-21)36-26(35)30-27(2,3)4;/h7-10,12,14-15,22-23H,13,16-17,19H2,1-4H3,(H,28,32)(H,29,33)(H,30,35);/t22-,23+;/m0./s1. The molecule has 1 radical (unpaired) electrons. The van der Waals surface area contributed by atoms with E-state index in [0.717, 1.165) is 6.78 Å². The molecule has 0 unspecified atom stereocenters. The number of nitrogens with one attached hydrogen (secondary N) is 3. The van der Waals surface area contributed by atoms with E-state index < -0.39 is 52.6 Å². The Kier molecular flexibility index (Phi) is 9.86. The molecule has 2 aliphatic heterocycles. The first kappa shape index (κ1) is 28.4. The Bertz CT molecular complexity index is 1160. The maximum absolute atomic E-state index is 13.6. The fourth-order valence-corrected chi connectivity index (χ4v) is 7.09. The van der Waals surface area contributed by atoms with E-state index in [1.807, 2.05) is 39.0 Å². The summed E-state index contributed by atoms with van der Waals surface area (Å²) in [6.07, 6.45) is 3.13. The Morgan fingerprint density at radius 1 is 1.16 bits per heavy atom. The molecule has 37 heavy (non-hydrogen) atoms. The van der Waals surface area contributed by atoms with E-state index in [9.17, 15) is 19.2 Å². The number of carbonyl (C=O) groups is 4. The molecule has 3 rings (SSSR count). The molecule has 1 saturated heterocycles. The molecule has 2 aliphatic rings. The predicted molar refractivity (Wildman–Crippen MR) is 140 cm³/mol. The van der Waals surface area contributed by atoms with Gasteiger partial charge in [-0.1, -0.05) is 0 Å². The van der Waals surface area contributed by atoms with Crippen LogP contribution in [0.5, 0.6) is 0 Å². The van der Waals surface area contributed by atoms with Crippen molar-refractivity contribution in [2.75, 3.05) is 13.1 Å². The number of likely N-dealkylation sites (tertiary alicyclic amines) is 1. The molecule has 9 nitrogen and oxygen atoms in total. The van der Waals surface area contributed by atoms with Gasteiger partial charge in [-0.2, -0.15) is 0 Å². The second-order valence-corrected chi connectivity index (χ2v) is 14.2. The van der Waals surface area contributed by atoms with E-state index in [4.69, 9.17) is 4.74 Å². The van der Waals surface area contributed by atoms with E-state index in [1.54, 1.807) is 24.3 Å². The summed E-state index contributed by atoms with van der Waals surface area (Å²) in [4.78, 5) is 51.8. The van der Waals surface area contributed by atoms with Crippen molar-refractivity contribution in [3.05, 3.63) is 54.8 Å². The first-order valence-corrected chi connectivity index (χ1v) is 15.5. The average Bonchev–Trinajstić information content (AvgIpc) is 3.49. The first-order chi connectivity index (χ1) is 17.5.